The largest absolute Gasteiger partial charge is 0.489 e. The van der Waals surface area contributed by atoms with Crippen molar-refractivity contribution in [3.63, 3.8) is 0 Å². The third-order valence-corrected chi connectivity index (χ3v) is 5.30. The van der Waals surface area contributed by atoms with E-state index in [2.05, 4.69) is 10.2 Å². The first kappa shape index (κ1) is 23.9. The lowest BCUT2D eigenvalue weighted by molar-refractivity contribution is -0.138. The minimum Gasteiger partial charge on any atom is -0.489 e. The fraction of sp³-hybridized carbons (Fsp3) is 0.435. The van der Waals surface area contributed by atoms with E-state index in [9.17, 15) is 18.0 Å². The molecule has 0 saturated carbocycles. The van der Waals surface area contributed by atoms with Crippen LogP contribution < -0.4 is 15.8 Å². The predicted octanol–water partition coefficient (Wildman–Crippen LogP) is 4.07. The van der Waals surface area contributed by atoms with E-state index in [1.165, 1.54) is 24.3 Å². The molecule has 2 aromatic carbocycles. The summed E-state index contributed by atoms with van der Waals surface area (Å²) in [4.78, 5) is 16.7. The van der Waals surface area contributed by atoms with Crippen molar-refractivity contribution in [3.05, 3.63) is 53.1 Å². The monoisotopic (exact) mass is 450 g/mol. The van der Waals surface area contributed by atoms with Gasteiger partial charge in [-0.1, -0.05) is 6.07 Å². The van der Waals surface area contributed by atoms with Crippen molar-refractivity contribution < 1.29 is 22.7 Å². The Kier molecular flexibility index (Phi) is 7.30. The van der Waals surface area contributed by atoms with Crippen LogP contribution in [-0.2, 0) is 12.7 Å². The van der Waals surface area contributed by atoms with E-state index in [0.29, 0.717) is 18.8 Å². The molecule has 0 aliphatic carbocycles. The van der Waals surface area contributed by atoms with Crippen LogP contribution in [-0.4, -0.2) is 55.0 Å². The molecule has 6 nitrogen and oxygen atoms in total. The maximum absolute atomic E-state index is 13.7. The second-order valence-electron chi connectivity index (χ2n) is 8.32. The van der Waals surface area contributed by atoms with Crippen LogP contribution in [0.2, 0.25) is 0 Å². The number of nitrogens with two attached hydrogens (primary N) is 1. The van der Waals surface area contributed by atoms with Crippen LogP contribution in [0.1, 0.15) is 35.3 Å². The van der Waals surface area contributed by atoms with Gasteiger partial charge in [0.25, 0.3) is 5.91 Å². The van der Waals surface area contributed by atoms with Gasteiger partial charge in [0.2, 0.25) is 0 Å². The van der Waals surface area contributed by atoms with Crippen molar-refractivity contribution in [1.82, 2.24) is 9.80 Å². The molecule has 0 bridgehead atoms. The lowest BCUT2D eigenvalue weighted by atomic mass is 10.0. The summed E-state index contributed by atoms with van der Waals surface area (Å²) in [7, 11) is 1.99. The summed E-state index contributed by atoms with van der Waals surface area (Å²) in [5.74, 6) is -0.100. The Morgan fingerprint density at radius 1 is 1.12 bits per heavy atom. The summed E-state index contributed by atoms with van der Waals surface area (Å²) < 4.78 is 46.8. The molecule has 2 aromatic rings. The first-order valence-electron chi connectivity index (χ1n) is 10.5. The molecule has 174 valence electrons. The van der Waals surface area contributed by atoms with Gasteiger partial charge in [0.15, 0.2) is 0 Å². The van der Waals surface area contributed by atoms with Crippen LogP contribution >= 0.6 is 0 Å². The Hall–Kier alpha value is -2.78. The summed E-state index contributed by atoms with van der Waals surface area (Å²) in [6.07, 6.45) is -4.61. The van der Waals surface area contributed by atoms with E-state index in [1.807, 2.05) is 25.8 Å². The predicted molar refractivity (Wildman–Crippen MR) is 119 cm³/mol. The molecule has 32 heavy (non-hydrogen) atoms. The van der Waals surface area contributed by atoms with Crippen LogP contribution in [0.15, 0.2) is 36.4 Å². The van der Waals surface area contributed by atoms with Gasteiger partial charge < -0.3 is 20.7 Å². The van der Waals surface area contributed by atoms with Gasteiger partial charge in [-0.05, 0) is 56.8 Å². The van der Waals surface area contributed by atoms with Crippen LogP contribution in [0, 0.1) is 0 Å². The highest BCUT2D eigenvalue weighted by Gasteiger charge is 2.34. The molecule has 1 saturated heterocycles. The molecule has 0 unspecified atom stereocenters. The maximum atomic E-state index is 13.7. The van der Waals surface area contributed by atoms with Crippen LogP contribution in [0.3, 0.4) is 0 Å². The van der Waals surface area contributed by atoms with E-state index >= 15 is 0 Å². The van der Waals surface area contributed by atoms with Crippen molar-refractivity contribution in [1.29, 1.82) is 0 Å². The number of ether oxygens (including phenoxy) is 1. The third-order valence-electron chi connectivity index (χ3n) is 5.30. The van der Waals surface area contributed by atoms with Crippen LogP contribution in [0.5, 0.6) is 5.75 Å². The summed E-state index contributed by atoms with van der Waals surface area (Å²) in [5, 5.41) is 2.54. The number of carbonyl (C=O) groups excluding carboxylic acids is 1. The average Bonchev–Trinajstić information content (AvgIpc) is 2.71. The van der Waals surface area contributed by atoms with Crippen molar-refractivity contribution in [2.75, 3.05) is 44.3 Å². The number of rotatable bonds is 6. The second-order valence-corrected chi connectivity index (χ2v) is 8.32. The molecule has 0 spiro atoms. The van der Waals surface area contributed by atoms with Gasteiger partial charge in [-0.25, -0.2) is 0 Å². The lowest BCUT2D eigenvalue weighted by Gasteiger charge is -2.33. The van der Waals surface area contributed by atoms with E-state index in [0.717, 1.165) is 19.2 Å². The van der Waals surface area contributed by atoms with E-state index in [4.69, 9.17) is 10.5 Å². The smallest absolute Gasteiger partial charge is 0.416 e. The van der Waals surface area contributed by atoms with E-state index in [1.54, 1.807) is 6.07 Å². The zero-order valence-electron chi connectivity index (χ0n) is 18.5. The number of hydrogen-bond acceptors (Lipinski definition) is 5. The van der Waals surface area contributed by atoms with Crippen molar-refractivity contribution in [3.8, 4) is 5.75 Å². The van der Waals surface area contributed by atoms with E-state index in [-0.39, 0.29) is 35.2 Å². The normalized spacial score (nSPS) is 15.7. The number of alkyl halides is 3. The average molecular weight is 451 g/mol. The number of likely N-dealkylation sites (N-methyl/N-ethyl adjacent to an activating group) is 1. The number of carbonyl (C=O) groups is 1. The molecule has 9 heteroatoms. The molecule has 3 rings (SSSR count). The fourth-order valence-electron chi connectivity index (χ4n) is 3.56. The minimum atomic E-state index is -4.52. The number of piperazine rings is 1. The van der Waals surface area contributed by atoms with Crippen molar-refractivity contribution in [2.24, 2.45) is 0 Å². The molecule has 3 N–H and O–H groups in total. The summed E-state index contributed by atoms with van der Waals surface area (Å²) in [6.45, 7) is 6.98. The lowest BCUT2D eigenvalue weighted by Crippen LogP contribution is -2.44. The summed E-state index contributed by atoms with van der Waals surface area (Å²) >= 11 is 0. The van der Waals surface area contributed by atoms with Gasteiger partial charge >= 0.3 is 6.18 Å². The Balaban J connectivity index is 1.76. The number of amides is 1. The highest BCUT2D eigenvalue weighted by atomic mass is 19.4. The Morgan fingerprint density at radius 3 is 2.41 bits per heavy atom. The molecule has 0 atom stereocenters. The van der Waals surface area contributed by atoms with Gasteiger partial charge in [-0.2, -0.15) is 13.2 Å². The van der Waals surface area contributed by atoms with Gasteiger partial charge in [-0.3, -0.25) is 9.69 Å². The van der Waals surface area contributed by atoms with Crippen LogP contribution in [0.25, 0.3) is 0 Å². The number of benzene rings is 2. The van der Waals surface area contributed by atoms with Crippen molar-refractivity contribution >= 4 is 17.3 Å². The topological polar surface area (TPSA) is 70.8 Å². The molecule has 0 aromatic heterocycles. The fourth-order valence-corrected chi connectivity index (χ4v) is 3.56. The molecule has 1 aliphatic rings. The molecule has 1 aliphatic heterocycles. The summed E-state index contributed by atoms with van der Waals surface area (Å²) in [6, 6.07) is 8.46. The quantitative estimate of drug-likeness (QED) is 0.649. The first-order chi connectivity index (χ1) is 15.0. The van der Waals surface area contributed by atoms with Crippen LogP contribution in [0.4, 0.5) is 24.5 Å². The Labute approximate surface area is 186 Å². The molecule has 1 amide bonds. The van der Waals surface area contributed by atoms with Gasteiger partial charge in [-0.15, -0.1) is 0 Å². The standard InChI is InChI=1S/C23H29F3N4O2/c1-15(2)32-21-7-5-16(12-20(21)27)22(31)28-18-6-4-17(19(13-18)23(24,25)26)14-30-10-8-29(3)9-11-30/h4-7,12-13,15H,8-11,14,27H2,1-3H3,(H,28,31). The number of nitrogens with zero attached hydrogens (tertiary/aromatic N) is 2. The molecule has 0 radical (unpaired) electrons. The number of anilines is 2. The molecular formula is C23H29F3N4O2. The molecule has 1 fully saturated rings. The highest BCUT2D eigenvalue weighted by molar-refractivity contribution is 6.05. The van der Waals surface area contributed by atoms with Gasteiger partial charge in [0.1, 0.15) is 5.75 Å². The zero-order valence-corrected chi connectivity index (χ0v) is 18.5. The SMILES string of the molecule is CC(C)Oc1ccc(C(=O)Nc2ccc(CN3CCN(C)CC3)c(C(F)(F)F)c2)cc1N. The minimum absolute atomic E-state index is 0.0746. The molecular weight excluding hydrogens is 421 g/mol. The van der Waals surface area contributed by atoms with Gasteiger partial charge in [0, 0.05) is 44.0 Å². The number of nitrogens with one attached hydrogen (secondary N) is 1. The van der Waals surface area contributed by atoms with Gasteiger partial charge in [0.05, 0.1) is 17.4 Å². The maximum Gasteiger partial charge on any atom is 0.416 e. The first-order valence-corrected chi connectivity index (χ1v) is 10.5. The highest BCUT2D eigenvalue weighted by Crippen LogP contribution is 2.35. The molecule has 1 heterocycles. The van der Waals surface area contributed by atoms with E-state index < -0.39 is 17.6 Å². The third kappa shape index (κ3) is 6.14. The van der Waals surface area contributed by atoms with Crippen molar-refractivity contribution in [2.45, 2.75) is 32.7 Å². The number of hydrogen-bond donors (Lipinski definition) is 2. The number of nitrogen functional groups attached to an aromatic ring is 1. The second kappa shape index (κ2) is 9.79. The zero-order chi connectivity index (χ0) is 23.5. The Bertz CT molecular complexity index is 955. The Morgan fingerprint density at radius 2 is 1.81 bits per heavy atom. The number of halogens is 3. The summed E-state index contributed by atoms with van der Waals surface area (Å²) in [5.41, 5.74) is 5.98.